The van der Waals surface area contributed by atoms with Gasteiger partial charge in [-0.25, -0.2) is 0 Å². The molecule has 0 aromatic heterocycles. The Hall–Kier alpha value is -0.870. The number of carbonyl (C=O) groups is 1. The van der Waals surface area contributed by atoms with E-state index in [0.29, 0.717) is 6.54 Å². The third-order valence-corrected chi connectivity index (χ3v) is 3.21. The Kier molecular flexibility index (Phi) is 6.22. The molecule has 0 aliphatic carbocycles. The Morgan fingerprint density at radius 3 is 2.71 bits per heavy atom. The fraction of sp³-hybridized carbons (Fsp3) is 0.769. The first kappa shape index (κ1) is 14.2. The van der Waals surface area contributed by atoms with E-state index in [2.05, 4.69) is 23.7 Å². The molecule has 4 nitrogen and oxygen atoms in total. The minimum atomic E-state index is -0.0106. The monoisotopic (exact) mass is 239 g/mol. The molecule has 0 radical (unpaired) electrons. The lowest BCUT2D eigenvalue weighted by molar-refractivity contribution is -0.136. The summed E-state index contributed by atoms with van der Waals surface area (Å²) in [6.07, 6.45) is 2.80. The Labute approximate surface area is 105 Å². The maximum atomic E-state index is 12.3. The molecular formula is C13H25N3O. The molecule has 0 saturated carbocycles. The van der Waals surface area contributed by atoms with Gasteiger partial charge >= 0.3 is 0 Å². The van der Waals surface area contributed by atoms with Crippen LogP contribution in [0.15, 0.2) is 12.7 Å². The van der Waals surface area contributed by atoms with E-state index in [4.69, 9.17) is 0 Å². The molecule has 1 aliphatic rings. The predicted molar refractivity (Wildman–Crippen MR) is 71.0 cm³/mol. The van der Waals surface area contributed by atoms with Gasteiger partial charge in [0.15, 0.2) is 0 Å². The maximum absolute atomic E-state index is 12.3. The van der Waals surface area contributed by atoms with Crippen molar-refractivity contribution in [3.8, 4) is 0 Å². The summed E-state index contributed by atoms with van der Waals surface area (Å²) in [5.41, 5.74) is 0. The van der Waals surface area contributed by atoms with E-state index in [9.17, 15) is 4.79 Å². The van der Waals surface area contributed by atoms with Crippen molar-refractivity contribution >= 4 is 5.91 Å². The molecule has 1 fully saturated rings. The second-order valence-electron chi connectivity index (χ2n) is 4.53. The van der Waals surface area contributed by atoms with Gasteiger partial charge in [0.25, 0.3) is 0 Å². The van der Waals surface area contributed by atoms with Gasteiger partial charge in [-0.3, -0.25) is 9.69 Å². The summed E-state index contributed by atoms with van der Waals surface area (Å²) in [5, 5.41) is 3.31. The van der Waals surface area contributed by atoms with Crippen molar-refractivity contribution in [3.63, 3.8) is 0 Å². The van der Waals surface area contributed by atoms with Crippen LogP contribution >= 0.6 is 0 Å². The molecule has 1 amide bonds. The van der Waals surface area contributed by atoms with Crippen molar-refractivity contribution in [2.24, 2.45) is 0 Å². The second-order valence-corrected chi connectivity index (χ2v) is 4.53. The highest BCUT2D eigenvalue weighted by atomic mass is 16.2. The van der Waals surface area contributed by atoms with Crippen LogP contribution in [0.25, 0.3) is 0 Å². The number of nitrogens with zero attached hydrogens (tertiary/aromatic N) is 2. The van der Waals surface area contributed by atoms with Crippen molar-refractivity contribution < 1.29 is 4.79 Å². The summed E-state index contributed by atoms with van der Waals surface area (Å²) in [7, 11) is 0. The van der Waals surface area contributed by atoms with Gasteiger partial charge in [-0.05, 0) is 13.3 Å². The van der Waals surface area contributed by atoms with Crippen molar-refractivity contribution in [3.05, 3.63) is 12.7 Å². The van der Waals surface area contributed by atoms with E-state index in [1.807, 2.05) is 11.8 Å². The lowest BCUT2D eigenvalue weighted by atomic mass is 10.2. The van der Waals surface area contributed by atoms with Crippen molar-refractivity contribution in [2.45, 2.75) is 26.3 Å². The molecule has 1 N–H and O–H groups in total. The van der Waals surface area contributed by atoms with E-state index in [0.717, 1.165) is 39.1 Å². The van der Waals surface area contributed by atoms with Gasteiger partial charge in [0.1, 0.15) is 0 Å². The lowest BCUT2D eigenvalue weighted by Crippen LogP contribution is -2.53. The van der Waals surface area contributed by atoms with Crippen molar-refractivity contribution in [1.82, 2.24) is 15.1 Å². The summed E-state index contributed by atoms with van der Waals surface area (Å²) < 4.78 is 0. The summed E-state index contributed by atoms with van der Waals surface area (Å²) >= 11 is 0. The molecule has 0 spiro atoms. The molecule has 0 aromatic rings. The van der Waals surface area contributed by atoms with Crippen LogP contribution in [-0.2, 0) is 4.79 Å². The molecule has 1 heterocycles. The van der Waals surface area contributed by atoms with E-state index in [-0.39, 0.29) is 11.9 Å². The van der Waals surface area contributed by atoms with Gasteiger partial charge in [0, 0.05) is 39.3 Å². The molecule has 1 rings (SSSR count). The first-order chi connectivity index (χ1) is 8.20. The molecule has 4 heteroatoms. The summed E-state index contributed by atoms with van der Waals surface area (Å²) in [6.45, 7) is 13.2. The Morgan fingerprint density at radius 2 is 2.18 bits per heavy atom. The molecule has 0 aromatic carbocycles. The normalized spacial score (nSPS) is 18.7. The first-order valence-electron chi connectivity index (χ1n) is 6.55. The SMILES string of the molecule is C=CCN(CCC)C(=O)C(C)N1CCNCC1. The number of hydrogen-bond donors (Lipinski definition) is 1. The van der Waals surface area contributed by atoms with Gasteiger partial charge < -0.3 is 10.2 Å². The van der Waals surface area contributed by atoms with Crippen LogP contribution in [-0.4, -0.2) is 61.0 Å². The van der Waals surface area contributed by atoms with Gasteiger partial charge in [-0.2, -0.15) is 0 Å². The smallest absolute Gasteiger partial charge is 0.239 e. The van der Waals surface area contributed by atoms with Crippen LogP contribution in [0.4, 0.5) is 0 Å². The van der Waals surface area contributed by atoms with Crippen molar-refractivity contribution in [1.29, 1.82) is 0 Å². The molecule has 1 unspecified atom stereocenters. The largest absolute Gasteiger partial charge is 0.338 e. The molecular weight excluding hydrogens is 214 g/mol. The average molecular weight is 239 g/mol. The fourth-order valence-corrected chi connectivity index (χ4v) is 2.21. The zero-order valence-electron chi connectivity index (χ0n) is 11.1. The number of hydrogen-bond acceptors (Lipinski definition) is 3. The zero-order valence-corrected chi connectivity index (χ0v) is 11.1. The number of amides is 1. The minimum absolute atomic E-state index is 0.0106. The van der Waals surface area contributed by atoms with Gasteiger partial charge in [0.2, 0.25) is 5.91 Å². The third-order valence-electron chi connectivity index (χ3n) is 3.21. The van der Waals surface area contributed by atoms with Gasteiger partial charge in [-0.1, -0.05) is 13.0 Å². The Balaban J connectivity index is 2.54. The Morgan fingerprint density at radius 1 is 1.53 bits per heavy atom. The van der Waals surface area contributed by atoms with E-state index < -0.39 is 0 Å². The van der Waals surface area contributed by atoms with Gasteiger partial charge in [0.05, 0.1) is 6.04 Å². The number of piperazine rings is 1. The predicted octanol–water partition coefficient (Wildman–Crippen LogP) is 0.705. The molecule has 0 bridgehead atoms. The van der Waals surface area contributed by atoms with E-state index in [1.165, 1.54) is 0 Å². The van der Waals surface area contributed by atoms with Gasteiger partial charge in [-0.15, -0.1) is 6.58 Å². The fourth-order valence-electron chi connectivity index (χ4n) is 2.21. The third kappa shape index (κ3) is 4.13. The molecule has 17 heavy (non-hydrogen) atoms. The van der Waals surface area contributed by atoms with Crippen molar-refractivity contribution in [2.75, 3.05) is 39.3 Å². The number of carbonyl (C=O) groups excluding carboxylic acids is 1. The highest BCUT2D eigenvalue weighted by Gasteiger charge is 2.25. The van der Waals surface area contributed by atoms with Crippen LogP contribution in [0.5, 0.6) is 0 Å². The molecule has 98 valence electrons. The Bertz CT molecular complexity index is 249. The summed E-state index contributed by atoms with van der Waals surface area (Å²) in [5.74, 6) is 0.230. The topological polar surface area (TPSA) is 35.6 Å². The lowest BCUT2D eigenvalue weighted by Gasteiger charge is -2.34. The maximum Gasteiger partial charge on any atom is 0.239 e. The quantitative estimate of drug-likeness (QED) is 0.693. The van der Waals surface area contributed by atoms with Crippen LogP contribution in [0.1, 0.15) is 20.3 Å². The zero-order chi connectivity index (χ0) is 12.7. The highest BCUT2D eigenvalue weighted by molar-refractivity contribution is 5.81. The average Bonchev–Trinajstić information content (AvgIpc) is 2.38. The van der Waals surface area contributed by atoms with Crippen LogP contribution in [0.2, 0.25) is 0 Å². The summed E-state index contributed by atoms with van der Waals surface area (Å²) in [4.78, 5) is 16.5. The van der Waals surface area contributed by atoms with Crippen LogP contribution < -0.4 is 5.32 Å². The highest BCUT2D eigenvalue weighted by Crippen LogP contribution is 2.06. The first-order valence-corrected chi connectivity index (χ1v) is 6.55. The summed E-state index contributed by atoms with van der Waals surface area (Å²) in [6, 6.07) is -0.0106. The van der Waals surface area contributed by atoms with E-state index >= 15 is 0 Å². The molecule has 1 atom stereocenters. The second kappa shape index (κ2) is 7.45. The van der Waals surface area contributed by atoms with Crippen LogP contribution in [0.3, 0.4) is 0 Å². The number of nitrogens with one attached hydrogen (secondary N) is 1. The minimum Gasteiger partial charge on any atom is -0.338 e. The molecule has 1 aliphatic heterocycles. The standard InChI is InChI=1S/C13H25N3O/c1-4-8-16(9-5-2)13(17)12(3)15-10-6-14-7-11-15/h4,12,14H,1,5-11H2,2-3H3. The van der Waals surface area contributed by atoms with Crippen LogP contribution in [0, 0.1) is 0 Å². The molecule has 1 saturated heterocycles. The van der Waals surface area contributed by atoms with E-state index in [1.54, 1.807) is 6.08 Å². The number of rotatable bonds is 6.